The summed E-state index contributed by atoms with van der Waals surface area (Å²) < 4.78 is 13.9. The van der Waals surface area contributed by atoms with E-state index in [0.717, 1.165) is 31.5 Å². The zero-order valence-electron chi connectivity index (χ0n) is 8.95. The predicted octanol–water partition coefficient (Wildman–Crippen LogP) is 2.57. The molecule has 1 unspecified atom stereocenters. The second-order valence-corrected chi connectivity index (χ2v) is 4.29. The maximum Gasteiger partial charge on any atom is 0.107 e. The van der Waals surface area contributed by atoms with E-state index in [-0.39, 0.29) is 5.92 Å². The highest BCUT2D eigenvalue weighted by Gasteiger charge is 2.22. The Hall–Kier alpha value is -0.890. The highest BCUT2D eigenvalue weighted by Crippen LogP contribution is 2.22. The zero-order valence-corrected chi connectivity index (χ0v) is 8.95. The molecule has 0 aliphatic carbocycles. The van der Waals surface area contributed by atoms with Gasteiger partial charge in [-0.2, -0.15) is 0 Å². The van der Waals surface area contributed by atoms with E-state index in [1.165, 1.54) is 0 Å². The van der Waals surface area contributed by atoms with Crippen LogP contribution in [0.2, 0.25) is 0 Å². The van der Waals surface area contributed by atoms with Gasteiger partial charge in [-0.25, -0.2) is 4.39 Å². The molecule has 0 saturated carbocycles. The van der Waals surface area contributed by atoms with Crippen LogP contribution < -0.4 is 5.32 Å². The molecule has 1 N–H and O–H groups in total. The van der Waals surface area contributed by atoms with Crippen LogP contribution in [0.5, 0.6) is 0 Å². The molecule has 1 aromatic carbocycles. The number of nitrogens with one attached hydrogen (secondary N) is 1. The fraction of sp³-hybridized carbons (Fsp3) is 0.538. The van der Waals surface area contributed by atoms with E-state index in [0.29, 0.717) is 6.42 Å². The van der Waals surface area contributed by atoms with Gasteiger partial charge in [0.1, 0.15) is 6.17 Å². The maximum atomic E-state index is 13.9. The van der Waals surface area contributed by atoms with Crippen LogP contribution in [0.4, 0.5) is 4.39 Å². The molecule has 1 fully saturated rings. The molecule has 1 atom stereocenters. The van der Waals surface area contributed by atoms with Crippen LogP contribution in [0.15, 0.2) is 30.3 Å². The van der Waals surface area contributed by atoms with Gasteiger partial charge in [0.05, 0.1) is 0 Å². The van der Waals surface area contributed by atoms with Gasteiger partial charge in [0.25, 0.3) is 0 Å². The molecule has 2 rings (SSSR count). The van der Waals surface area contributed by atoms with Crippen molar-refractivity contribution in [2.75, 3.05) is 13.1 Å². The van der Waals surface area contributed by atoms with Crippen molar-refractivity contribution in [2.45, 2.75) is 25.4 Å². The Balaban J connectivity index is 1.88. The van der Waals surface area contributed by atoms with Gasteiger partial charge < -0.3 is 5.32 Å². The Bertz CT molecular complexity index is 280. The van der Waals surface area contributed by atoms with E-state index >= 15 is 0 Å². The van der Waals surface area contributed by atoms with E-state index in [4.69, 9.17) is 0 Å². The number of piperidine rings is 1. The molecule has 1 aliphatic rings. The Labute approximate surface area is 90.7 Å². The van der Waals surface area contributed by atoms with Crippen LogP contribution in [-0.2, 0) is 6.42 Å². The summed E-state index contributed by atoms with van der Waals surface area (Å²) >= 11 is 0. The first-order valence-corrected chi connectivity index (χ1v) is 5.75. The van der Waals surface area contributed by atoms with Crippen molar-refractivity contribution in [1.82, 2.24) is 5.32 Å². The van der Waals surface area contributed by atoms with Crippen molar-refractivity contribution in [3.63, 3.8) is 0 Å². The van der Waals surface area contributed by atoms with Crippen LogP contribution in [0.3, 0.4) is 0 Å². The molecule has 0 aromatic heterocycles. The minimum absolute atomic E-state index is 0.256. The Kier molecular flexibility index (Phi) is 3.73. The molecule has 0 radical (unpaired) electrons. The topological polar surface area (TPSA) is 12.0 Å². The van der Waals surface area contributed by atoms with Crippen molar-refractivity contribution in [3.05, 3.63) is 35.9 Å². The molecule has 0 spiro atoms. The number of hydrogen-bond acceptors (Lipinski definition) is 1. The average molecular weight is 207 g/mol. The third-order valence-corrected chi connectivity index (χ3v) is 3.17. The number of halogens is 1. The van der Waals surface area contributed by atoms with Gasteiger partial charge in [-0.15, -0.1) is 0 Å². The van der Waals surface area contributed by atoms with Crippen molar-refractivity contribution in [2.24, 2.45) is 5.92 Å². The molecule has 15 heavy (non-hydrogen) atoms. The Morgan fingerprint density at radius 2 is 1.87 bits per heavy atom. The summed E-state index contributed by atoms with van der Waals surface area (Å²) in [7, 11) is 0. The van der Waals surface area contributed by atoms with Crippen molar-refractivity contribution in [1.29, 1.82) is 0 Å². The highest BCUT2D eigenvalue weighted by molar-refractivity contribution is 5.15. The van der Waals surface area contributed by atoms with Gasteiger partial charge in [0.15, 0.2) is 0 Å². The molecular formula is C13H18FN. The van der Waals surface area contributed by atoms with Crippen LogP contribution in [-0.4, -0.2) is 19.3 Å². The van der Waals surface area contributed by atoms with Crippen LogP contribution in [0.1, 0.15) is 18.4 Å². The van der Waals surface area contributed by atoms with Crippen LogP contribution >= 0.6 is 0 Å². The molecule has 2 heteroatoms. The molecule has 0 amide bonds. The normalized spacial score (nSPS) is 20.1. The van der Waals surface area contributed by atoms with Crippen LogP contribution in [0, 0.1) is 5.92 Å². The highest BCUT2D eigenvalue weighted by atomic mass is 19.1. The minimum atomic E-state index is -0.672. The maximum absolute atomic E-state index is 13.9. The summed E-state index contributed by atoms with van der Waals surface area (Å²) in [5, 5.41) is 3.27. The van der Waals surface area contributed by atoms with Gasteiger partial charge in [-0.05, 0) is 37.4 Å². The summed E-state index contributed by atoms with van der Waals surface area (Å²) in [4.78, 5) is 0. The van der Waals surface area contributed by atoms with Gasteiger partial charge in [0.2, 0.25) is 0 Å². The lowest BCUT2D eigenvalue weighted by Gasteiger charge is -2.25. The SMILES string of the molecule is FC(Cc1ccccc1)C1CCNCC1. The second kappa shape index (κ2) is 5.26. The Morgan fingerprint density at radius 3 is 2.53 bits per heavy atom. The molecule has 82 valence electrons. The Morgan fingerprint density at radius 1 is 1.20 bits per heavy atom. The summed E-state index contributed by atoms with van der Waals surface area (Å²) in [6.45, 7) is 1.94. The monoisotopic (exact) mass is 207 g/mol. The first kappa shape index (κ1) is 10.6. The van der Waals surface area contributed by atoms with E-state index in [2.05, 4.69) is 5.32 Å². The lowest BCUT2D eigenvalue weighted by atomic mass is 9.90. The van der Waals surface area contributed by atoms with Gasteiger partial charge >= 0.3 is 0 Å². The largest absolute Gasteiger partial charge is 0.317 e. The molecular weight excluding hydrogens is 189 g/mol. The fourth-order valence-electron chi connectivity index (χ4n) is 2.21. The van der Waals surface area contributed by atoms with E-state index < -0.39 is 6.17 Å². The van der Waals surface area contributed by atoms with E-state index in [1.54, 1.807) is 0 Å². The second-order valence-electron chi connectivity index (χ2n) is 4.29. The smallest absolute Gasteiger partial charge is 0.107 e. The molecule has 1 nitrogen and oxygen atoms in total. The van der Waals surface area contributed by atoms with Crippen molar-refractivity contribution < 1.29 is 4.39 Å². The average Bonchev–Trinajstić information content (AvgIpc) is 2.31. The zero-order chi connectivity index (χ0) is 10.5. The van der Waals surface area contributed by atoms with Crippen molar-refractivity contribution in [3.8, 4) is 0 Å². The quantitative estimate of drug-likeness (QED) is 0.803. The number of hydrogen-bond donors (Lipinski definition) is 1. The van der Waals surface area contributed by atoms with Crippen molar-refractivity contribution >= 4 is 0 Å². The standard InChI is InChI=1S/C13H18FN/c14-13(12-6-8-15-9-7-12)10-11-4-2-1-3-5-11/h1-5,12-13,15H,6-10H2. The van der Waals surface area contributed by atoms with Crippen LogP contribution in [0.25, 0.3) is 0 Å². The van der Waals surface area contributed by atoms with E-state index in [9.17, 15) is 4.39 Å². The summed E-state index contributed by atoms with van der Waals surface area (Å²) in [5.74, 6) is 0.256. The summed E-state index contributed by atoms with van der Waals surface area (Å²) in [6.07, 6.45) is 1.86. The van der Waals surface area contributed by atoms with E-state index in [1.807, 2.05) is 30.3 Å². The van der Waals surface area contributed by atoms with Gasteiger partial charge in [-0.3, -0.25) is 0 Å². The first-order chi connectivity index (χ1) is 7.36. The third kappa shape index (κ3) is 3.03. The molecule has 1 saturated heterocycles. The predicted molar refractivity (Wildman–Crippen MR) is 60.6 cm³/mol. The number of alkyl halides is 1. The number of benzene rings is 1. The third-order valence-electron chi connectivity index (χ3n) is 3.17. The first-order valence-electron chi connectivity index (χ1n) is 5.75. The fourth-order valence-corrected chi connectivity index (χ4v) is 2.21. The lowest BCUT2D eigenvalue weighted by Crippen LogP contribution is -2.33. The molecule has 1 aliphatic heterocycles. The molecule has 1 heterocycles. The van der Waals surface area contributed by atoms with Gasteiger partial charge in [0, 0.05) is 6.42 Å². The number of rotatable bonds is 3. The summed E-state index contributed by atoms with van der Waals surface area (Å²) in [5.41, 5.74) is 1.11. The molecule has 1 aromatic rings. The summed E-state index contributed by atoms with van der Waals surface area (Å²) in [6, 6.07) is 9.94. The van der Waals surface area contributed by atoms with Gasteiger partial charge in [-0.1, -0.05) is 30.3 Å². The minimum Gasteiger partial charge on any atom is -0.317 e. The molecule has 0 bridgehead atoms. The lowest BCUT2D eigenvalue weighted by molar-refractivity contribution is 0.187.